The number of hydrogen-bond donors (Lipinski definition) is 1. The second kappa shape index (κ2) is 4.12. The van der Waals surface area contributed by atoms with Gasteiger partial charge in [-0.05, 0) is 12.1 Å². The molecule has 0 aliphatic heterocycles. The number of carbonyl (C=O) groups is 1. The first-order chi connectivity index (χ1) is 6.82. The number of hydrogen-bond acceptors (Lipinski definition) is 3. The summed E-state index contributed by atoms with van der Waals surface area (Å²) in [5, 5.41) is 4.93. The standard InChI is InChI=1S/C10H13NO3S/c1-7(2)10(12)8-3-5-9(6-4-8)15(11,13)14/h3-7H,1-2H3,(H2,11,13,14). The van der Waals surface area contributed by atoms with Crippen LogP contribution < -0.4 is 5.14 Å². The highest BCUT2D eigenvalue weighted by molar-refractivity contribution is 7.89. The molecule has 0 saturated carbocycles. The van der Waals surface area contributed by atoms with E-state index in [2.05, 4.69) is 0 Å². The fourth-order valence-electron chi connectivity index (χ4n) is 1.14. The van der Waals surface area contributed by atoms with Gasteiger partial charge < -0.3 is 0 Å². The summed E-state index contributed by atoms with van der Waals surface area (Å²) in [7, 11) is -3.68. The van der Waals surface area contributed by atoms with Crippen molar-refractivity contribution < 1.29 is 13.2 Å². The van der Waals surface area contributed by atoms with Crippen molar-refractivity contribution in [2.45, 2.75) is 18.7 Å². The molecule has 1 aromatic carbocycles. The van der Waals surface area contributed by atoms with E-state index in [1.54, 1.807) is 13.8 Å². The van der Waals surface area contributed by atoms with E-state index in [1.165, 1.54) is 24.3 Å². The number of sulfonamides is 1. The number of nitrogens with two attached hydrogens (primary N) is 1. The van der Waals surface area contributed by atoms with Gasteiger partial charge in [-0.3, -0.25) is 4.79 Å². The van der Waals surface area contributed by atoms with E-state index in [4.69, 9.17) is 5.14 Å². The number of rotatable bonds is 3. The Hall–Kier alpha value is -1.20. The lowest BCUT2D eigenvalue weighted by Crippen LogP contribution is -2.13. The molecule has 15 heavy (non-hydrogen) atoms. The van der Waals surface area contributed by atoms with E-state index in [0.717, 1.165) is 0 Å². The first-order valence-corrected chi connectivity index (χ1v) is 6.04. The van der Waals surface area contributed by atoms with E-state index < -0.39 is 10.0 Å². The van der Waals surface area contributed by atoms with Crippen molar-refractivity contribution in [3.8, 4) is 0 Å². The third-order valence-corrected chi connectivity index (χ3v) is 2.92. The molecule has 0 atom stereocenters. The molecule has 4 nitrogen and oxygen atoms in total. The van der Waals surface area contributed by atoms with Gasteiger partial charge in [-0.2, -0.15) is 0 Å². The maximum atomic E-state index is 11.5. The van der Waals surface area contributed by atoms with Crippen LogP contribution in [0, 0.1) is 5.92 Å². The van der Waals surface area contributed by atoms with Crippen LogP contribution in [0.3, 0.4) is 0 Å². The van der Waals surface area contributed by atoms with Gasteiger partial charge in [0.1, 0.15) is 0 Å². The van der Waals surface area contributed by atoms with Crippen LogP contribution >= 0.6 is 0 Å². The van der Waals surface area contributed by atoms with Crippen LogP contribution in [-0.4, -0.2) is 14.2 Å². The van der Waals surface area contributed by atoms with Crippen LogP contribution in [0.15, 0.2) is 29.2 Å². The lowest BCUT2D eigenvalue weighted by Gasteiger charge is -2.04. The minimum absolute atomic E-state index is 0.0165. The summed E-state index contributed by atoms with van der Waals surface area (Å²) < 4.78 is 21.9. The van der Waals surface area contributed by atoms with E-state index in [1.807, 2.05) is 0 Å². The van der Waals surface area contributed by atoms with E-state index in [9.17, 15) is 13.2 Å². The summed E-state index contributed by atoms with van der Waals surface area (Å²) >= 11 is 0. The Kier molecular flexibility index (Phi) is 3.26. The highest BCUT2D eigenvalue weighted by Gasteiger charge is 2.12. The highest BCUT2D eigenvalue weighted by Crippen LogP contribution is 2.12. The molecule has 0 saturated heterocycles. The topological polar surface area (TPSA) is 77.2 Å². The lowest BCUT2D eigenvalue weighted by atomic mass is 10.0. The zero-order valence-corrected chi connectivity index (χ0v) is 9.41. The Morgan fingerprint density at radius 2 is 1.67 bits per heavy atom. The smallest absolute Gasteiger partial charge is 0.238 e. The Balaban J connectivity index is 3.06. The van der Waals surface area contributed by atoms with Crippen LogP contribution in [0.2, 0.25) is 0 Å². The van der Waals surface area contributed by atoms with Gasteiger partial charge in [0.25, 0.3) is 0 Å². The van der Waals surface area contributed by atoms with Crippen molar-refractivity contribution in [1.82, 2.24) is 0 Å². The summed E-state index contributed by atoms with van der Waals surface area (Å²) in [6.07, 6.45) is 0. The summed E-state index contributed by atoms with van der Waals surface area (Å²) in [6.45, 7) is 3.58. The predicted octanol–water partition coefficient (Wildman–Crippen LogP) is 1.17. The zero-order valence-electron chi connectivity index (χ0n) is 8.60. The second-order valence-electron chi connectivity index (χ2n) is 3.59. The molecule has 5 heteroatoms. The molecule has 1 aromatic rings. The molecule has 0 aromatic heterocycles. The van der Waals surface area contributed by atoms with Crippen molar-refractivity contribution in [2.24, 2.45) is 11.1 Å². The summed E-state index contributed by atoms with van der Waals surface area (Å²) in [4.78, 5) is 11.5. The van der Waals surface area contributed by atoms with Gasteiger partial charge in [0.05, 0.1) is 4.90 Å². The molecule has 2 N–H and O–H groups in total. The number of Topliss-reactive ketones (excluding diaryl/α,β-unsaturated/α-hetero) is 1. The average molecular weight is 227 g/mol. The van der Waals surface area contributed by atoms with Gasteiger partial charge in [0, 0.05) is 11.5 Å². The first kappa shape index (κ1) is 11.9. The molecular weight excluding hydrogens is 214 g/mol. The third kappa shape index (κ3) is 2.87. The Bertz CT molecular complexity index is 460. The highest BCUT2D eigenvalue weighted by atomic mass is 32.2. The molecule has 0 heterocycles. The van der Waals surface area contributed by atoms with Crippen molar-refractivity contribution in [3.05, 3.63) is 29.8 Å². The lowest BCUT2D eigenvalue weighted by molar-refractivity contribution is 0.0939. The van der Waals surface area contributed by atoms with Gasteiger partial charge >= 0.3 is 0 Å². The Morgan fingerprint density at radius 1 is 1.20 bits per heavy atom. The number of carbonyl (C=O) groups excluding carboxylic acids is 1. The number of benzene rings is 1. The third-order valence-electron chi connectivity index (χ3n) is 1.99. The predicted molar refractivity (Wildman–Crippen MR) is 57.0 cm³/mol. The number of primary sulfonamides is 1. The van der Waals surface area contributed by atoms with Crippen LogP contribution in [0.5, 0.6) is 0 Å². The van der Waals surface area contributed by atoms with Crippen molar-refractivity contribution >= 4 is 15.8 Å². The molecule has 0 aliphatic rings. The van der Waals surface area contributed by atoms with Crippen molar-refractivity contribution in [1.29, 1.82) is 0 Å². The second-order valence-corrected chi connectivity index (χ2v) is 5.15. The van der Waals surface area contributed by atoms with Gasteiger partial charge in [0.15, 0.2) is 5.78 Å². The molecule has 0 unspecified atom stereocenters. The molecule has 1 rings (SSSR count). The molecular formula is C10H13NO3S. The Labute approximate surface area is 89.2 Å². The fourth-order valence-corrected chi connectivity index (χ4v) is 1.66. The summed E-state index contributed by atoms with van der Waals surface area (Å²) in [6, 6.07) is 5.63. The summed E-state index contributed by atoms with van der Waals surface area (Å²) in [5.41, 5.74) is 0.498. The van der Waals surface area contributed by atoms with E-state index in [0.29, 0.717) is 5.56 Å². The zero-order chi connectivity index (χ0) is 11.6. The average Bonchev–Trinajstić information content (AvgIpc) is 2.15. The monoisotopic (exact) mass is 227 g/mol. The van der Waals surface area contributed by atoms with Gasteiger partial charge in [-0.1, -0.05) is 26.0 Å². The molecule has 82 valence electrons. The maximum Gasteiger partial charge on any atom is 0.238 e. The molecule has 0 bridgehead atoms. The van der Waals surface area contributed by atoms with Gasteiger partial charge in [0.2, 0.25) is 10.0 Å². The quantitative estimate of drug-likeness (QED) is 0.787. The molecule has 0 spiro atoms. The van der Waals surface area contributed by atoms with E-state index >= 15 is 0 Å². The first-order valence-electron chi connectivity index (χ1n) is 4.49. The number of ketones is 1. The molecule has 0 aliphatic carbocycles. The molecule has 0 radical (unpaired) electrons. The maximum absolute atomic E-state index is 11.5. The van der Waals surface area contributed by atoms with Gasteiger partial charge in [-0.25, -0.2) is 13.6 Å². The van der Waals surface area contributed by atoms with Crippen LogP contribution in [0.4, 0.5) is 0 Å². The van der Waals surface area contributed by atoms with Crippen LogP contribution in [0.25, 0.3) is 0 Å². The van der Waals surface area contributed by atoms with Crippen molar-refractivity contribution in [2.75, 3.05) is 0 Å². The van der Waals surface area contributed by atoms with Crippen molar-refractivity contribution in [3.63, 3.8) is 0 Å². The van der Waals surface area contributed by atoms with Crippen LogP contribution in [0.1, 0.15) is 24.2 Å². The minimum Gasteiger partial charge on any atom is -0.294 e. The summed E-state index contributed by atoms with van der Waals surface area (Å²) in [5.74, 6) is -0.124. The van der Waals surface area contributed by atoms with Gasteiger partial charge in [-0.15, -0.1) is 0 Å². The SMILES string of the molecule is CC(C)C(=O)c1ccc(S(N)(=O)=O)cc1. The largest absolute Gasteiger partial charge is 0.294 e. The normalized spacial score (nSPS) is 11.7. The molecule has 0 amide bonds. The fraction of sp³-hybridized carbons (Fsp3) is 0.300. The van der Waals surface area contributed by atoms with Crippen LogP contribution in [-0.2, 0) is 10.0 Å². The molecule has 0 fully saturated rings. The minimum atomic E-state index is -3.68. The Morgan fingerprint density at radius 3 is 2.00 bits per heavy atom. The van der Waals surface area contributed by atoms with E-state index in [-0.39, 0.29) is 16.6 Å².